The number of ether oxygens (including phenoxy) is 1. The van der Waals surface area contributed by atoms with Crippen molar-refractivity contribution in [1.82, 2.24) is 15.1 Å². The molecule has 2 heterocycles. The maximum Gasteiger partial charge on any atom is 0.260 e. The zero-order valence-electron chi connectivity index (χ0n) is 19.5. The number of benzene rings is 3. The first kappa shape index (κ1) is 24.1. The minimum atomic E-state index is -0.0272. The molecular formula is C28H24Cl2N4O2. The summed E-state index contributed by atoms with van der Waals surface area (Å²) in [4.78, 5) is 16.6. The Hall–Kier alpha value is -3.61. The van der Waals surface area contributed by atoms with Crippen LogP contribution in [0.25, 0.3) is 22.4 Å². The quantitative estimate of drug-likeness (QED) is 0.320. The molecule has 1 saturated heterocycles. The third-order valence-corrected chi connectivity index (χ3v) is 6.69. The van der Waals surface area contributed by atoms with Crippen molar-refractivity contribution in [3.05, 3.63) is 95.0 Å². The van der Waals surface area contributed by atoms with Crippen LogP contribution in [0.1, 0.15) is 0 Å². The van der Waals surface area contributed by atoms with Gasteiger partial charge in [0, 0.05) is 36.8 Å². The average molecular weight is 519 g/mol. The lowest BCUT2D eigenvalue weighted by Crippen LogP contribution is -2.50. The summed E-state index contributed by atoms with van der Waals surface area (Å²) in [6.07, 6.45) is 0. The van der Waals surface area contributed by atoms with E-state index in [1.54, 1.807) is 12.1 Å². The molecular weight excluding hydrogens is 495 g/mol. The van der Waals surface area contributed by atoms with Gasteiger partial charge in [0.05, 0.1) is 10.7 Å². The Labute approximate surface area is 220 Å². The number of amides is 1. The molecule has 0 N–H and O–H groups in total. The van der Waals surface area contributed by atoms with Crippen LogP contribution in [0.3, 0.4) is 0 Å². The van der Waals surface area contributed by atoms with Crippen LogP contribution < -0.4 is 9.64 Å². The summed E-state index contributed by atoms with van der Waals surface area (Å²) in [6.45, 7) is 2.56. The molecule has 0 unspecified atom stereocenters. The molecule has 182 valence electrons. The predicted molar refractivity (Wildman–Crippen MR) is 144 cm³/mol. The van der Waals surface area contributed by atoms with E-state index in [0.717, 1.165) is 22.5 Å². The smallest absolute Gasteiger partial charge is 0.260 e. The highest BCUT2D eigenvalue weighted by molar-refractivity contribution is 6.36. The highest BCUT2D eigenvalue weighted by atomic mass is 35.5. The highest BCUT2D eigenvalue weighted by Crippen LogP contribution is 2.29. The van der Waals surface area contributed by atoms with Gasteiger partial charge in [0.2, 0.25) is 0 Å². The minimum Gasteiger partial charge on any atom is -0.484 e. The summed E-state index contributed by atoms with van der Waals surface area (Å²) in [7, 11) is 0. The van der Waals surface area contributed by atoms with Crippen LogP contribution in [0.5, 0.6) is 5.75 Å². The summed E-state index contributed by atoms with van der Waals surface area (Å²) < 4.78 is 5.75. The highest BCUT2D eigenvalue weighted by Gasteiger charge is 2.22. The summed E-state index contributed by atoms with van der Waals surface area (Å²) in [5.74, 6) is 1.42. The molecule has 0 aliphatic carbocycles. The van der Waals surface area contributed by atoms with E-state index in [1.807, 2.05) is 65.6 Å². The molecule has 36 heavy (non-hydrogen) atoms. The zero-order valence-corrected chi connectivity index (χ0v) is 21.0. The second-order valence-corrected chi connectivity index (χ2v) is 9.29. The maximum atomic E-state index is 12.7. The van der Waals surface area contributed by atoms with Crippen molar-refractivity contribution >= 4 is 34.9 Å². The normalized spacial score (nSPS) is 13.5. The lowest BCUT2D eigenvalue weighted by Gasteiger charge is -2.35. The monoisotopic (exact) mass is 518 g/mol. The fourth-order valence-electron chi connectivity index (χ4n) is 4.13. The molecule has 1 aromatic heterocycles. The molecule has 5 rings (SSSR count). The van der Waals surface area contributed by atoms with Crippen LogP contribution in [-0.4, -0.2) is 53.8 Å². The van der Waals surface area contributed by atoms with Crippen LogP contribution in [0.4, 0.5) is 5.82 Å². The van der Waals surface area contributed by atoms with Crippen molar-refractivity contribution in [1.29, 1.82) is 0 Å². The van der Waals surface area contributed by atoms with E-state index in [0.29, 0.717) is 47.7 Å². The Morgan fingerprint density at radius 2 is 1.53 bits per heavy atom. The fourth-order valence-corrected chi connectivity index (χ4v) is 4.64. The van der Waals surface area contributed by atoms with Gasteiger partial charge in [-0.3, -0.25) is 4.79 Å². The topological polar surface area (TPSA) is 58.6 Å². The fraction of sp³-hybridized carbons (Fsp3) is 0.179. The summed E-state index contributed by atoms with van der Waals surface area (Å²) in [5, 5.41) is 9.82. The van der Waals surface area contributed by atoms with Gasteiger partial charge in [0.15, 0.2) is 12.4 Å². The number of carbonyl (C=O) groups is 1. The van der Waals surface area contributed by atoms with Crippen LogP contribution in [0, 0.1) is 0 Å². The molecule has 8 heteroatoms. The zero-order chi connectivity index (χ0) is 24.9. The lowest BCUT2D eigenvalue weighted by atomic mass is 10.1. The molecule has 0 bridgehead atoms. The number of aromatic nitrogens is 2. The number of piperazine rings is 1. The average Bonchev–Trinajstić information content (AvgIpc) is 2.93. The summed E-state index contributed by atoms with van der Waals surface area (Å²) >= 11 is 12.3. The third kappa shape index (κ3) is 5.61. The minimum absolute atomic E-state index is 0.0149. The molecule has 4 aromatic rings. The van der Waals surface area contributed by atoms with Gasteiger partial charge in [-0.15, -0.1) is 10.2 Å². The van der Waals surface area contributed by atoms with E-state index in [1.165, 1.54) is 0 Å². The molecule has 6 nitrogen and oxygen atoms in total. The number of anilines is 1. The Balaban J connectivity index is 1.12. The van der Waals surface area contributed by atoms with Crippen LogP contribution >= 0.6 is 23.2 Å². The molecule has 3 aromatic carbocycles. The number of nitrogens with zero attached hydrogens (tertiary/aromatic N) is 4. The van der Waals surface area contributed by atoms with Crippen molar-refractivity contribution in [2.75, 3.05) is 37.7 Å². The van der Waals surface area contributed by atoms with Crippen LogP contribution in [0.2, 0.25) is 10.0 Å². The number of rotatable bonds is 6. The van der Waals surface area contributed by atoms with Crippen molar-refractivity contribution in [2.24, 2.45) is 0 Å². The molecule has 0 atom stereocenters. The van der Waals surface area contributed by atoms with Gasteiger partial charge in [0.25, 0.3) is 5.91 Å². The van der Waals surface area contributed by atoms with E-state index in [9.17, 15) is 4.79 Å². The molecule has 1 fully saturated rings. The van der Waals surface area contributed by atoms with Gasteiger partial charge in [-0.1, -0.05) is 65.7 Å². The molecule has 1 amide bonds. The third-order valence-electron chi connectivity index (χ3n) is 6.14. The van der Waals surface area contributed by atoms with Gasteiger partial charge in [-0.2, -0.15) is 0 Å². The first-order chi connectivity index (χ1) is 17.6. The largest absolute Gasteiger partial charge is 0.484 e. The van der Waals surface area contributed by atoms with Gasteiger partial charge >= 0.3 is 0 Å². The molecule has 0 saturated carbocycles. The second kappa shape index (κ2) is 11.0. The van der Waals surface area contributed by atoms with E-state index < -0.39 is 0 Å². The van der Waals surface area contributed by atoms with Crippen LogP contribution in [-0.2, 0) is 4.79 Å². The number of hydrogen-bond acceptors (Lipinski definition) is 5. The lowest BCUT2D eigenvalue weighted by molar-refractivity contribution is -0.133. The Bertz CT molecular complexity index is 1320. The Kier molecular flexibility index (Phi) is 7.35. The van der Waals surface area contributed by atoms with E-state index in [4.69, 9.17) is 27.9 Å². The first-order valence-electron chi connectivity index (χ1n) is 11.7. The molecule has 1 aliphatic heterocycles. The van der Waals surface area contributed by atoms with Gasteiger partial charge in [0.1, 0.15) is 5.75 Å². The number of carbonyl (C=O) groups excluding carboxylic acids is 1. The Morgan fingerprint density at radius 3 is 2.19 bits per heavy atom. The van der Waals surface area contributed by atoms with E-state index in [2.05, 4.69) is 27.2 Å². The summed E-state index contributed by atoms with van der Waals surface area (Å²) in [6, 6.07) is 27.1. The van der Waals surface area contributed by atoms with Crippen molar-refractivity contribution < 1.29 is 9.53 Å². The van der Waals surface area contributed by atoms with E-state index in [-0.39, 0.29) is 12.5 Å². The molecule has 1 aliphatic rings. The maximum absolute atomic E-state index is 12.7. The first-order valence-corrected chi connectivity index (χ1v) is 12.4. The standard InChI is InChI=1S/C28H24Cl2N4O2/c29-22-8-11-24(25(30)18-22)26-12-13-27(32-31-26)33-14-16-34(17-15-33)28(35)19-36-23-9-6-21(7-10-23)20-4-2-1-3-5-20/h1-13,18H,14-17,19H2. The van der Waals surface area contributed by atoms with Gasteiger partial charge < -0.3 is 14.5 Å². The number of hydrogen-bond donors (Lipinski definition) is 0. The Morgan fingerprint density at radius 1 is 0.806 bits per heavy atom. The van der Waals surface area contributed by atoms with Crippen molar-refractivity contribution in [2.45, 2.75) is 0 Å². The molecule has 0 radical (unpaired) electrons. The second-order valence-electron chi connectivity index (χ2n) is 8.45. The van der Waals surface area contributed by atoms with E-state index >= 15 is 0 Å². The molecule has 0 spiro atoms. The van der Waals surface area contributed by atoms with Crippen molar-refractivity contribution in [3.8, 4) is 28.1 Å². The number of halogens is 2. The van der Waals surface area contributed by atoms with Gasteiger partial charge in [-0.05, 0) is 53.6 Å². The summed E-state index contributed by atoms with van der Waals surface area (Å²) in [5.41, 5.74) is 3.72. The predicted octanol–water partition coefficient (Wildman–Crippen LogP) is 5.85. The van der Waals surface area contributed by atoms with Crippen molar-refractivity contribution in [3.63, 3.8) is 0 Å². The van der Waals surface area contributed by atoms with Crippen LogP contribution in [0.15, 0.2) is 84.9 Å². The van der Waals surface area contributed by atoms with Gasteiger partial charge in [-0.25, -0.2) is 0 Å². The SMILES string of the molecule is O=C(COc1ccc(-c2ccccc2)cc1)N1CCN(c2ccc(-c3ccc(Cl)cc3Cl)nn2)CC1.